The van der Waals surface area contributed by atoms with E-state index in [0.29, 0.717) is 11.8 Å². The van der Waals surface area contributed by atoms with Crippen LogP contribution in [0.3, 0.4) is 0 Å². The van der Waals surface area contributed by atoms with Crippen LogP contribution in [0.25, 0.3) is 0 Å². The van der Waals surface area contributed by atoms with E-state index in [2.05, 4.69) is 0 Å². The summed E-state index contributed by atoms with van der Waals surface area (Å²) in [6.45, 7) is 1.59. The van der Waals surface area contributed by atoms with Crippen molar-refractivity contribution in [3.8, 4) is 0 Å². The zero-order valence-electron chi connectivity index (χ0n) is 14.8. The predicted octanol–water partition coefficient (Wildman–Crippen LogP) is 4.94. The largest absolute Gasteiger partial charge is 0.412 e. The van der Waals surface area contributed by atoms with E-state index in [1.54, 1.807) is 0 Å². The summed E-state index contributed by atoms with van der Waals surface area (Å²) in [4.78, 5) is 35.9. The molecule has 0 bridgehead atoms. The molecule has 152 valence electrons. The van der Waals surface area contributed by atoms with Crippen molar-refractivity contribution >= 4 is 47.2 Å². The number of rotatable bonds is 6. The fraction of sp³-hybridized carbons (Fsp3) is 0.389. The maximum atomic E-state index is 14.4. The zero-order valence-corrected chi connectivity index (χ0v) is 16.4. The van der Waals surface area contributed by atoms with Crippen LogP contribution in [0.5, 0.6) is 0 Å². The molecule has 1 aromatic carbocycles. The molecule has 28 heavy (non-hydrogen) atoms. The molecule has 0 spiro atoms. The molecule has 2 amide bonds. The highest BCUT2D eigenvalue weighted by atomic mass is 35.5. The fourth-order valence-corrected chi connectivity index (χ4v) is 3.81. The highest BCUT2D eigenvalue weighted by molar-refractivity contribution is 8.00. The lowest BCUT2D eigenvalue weighted by atomic mass is 10.2. The molecule has 4 nitrogen and oxygen atoms in total. The Morgan fingerprint density at radius 2 is 1.89 bits per heavy atom. The van der Waals surface area contributed by atoms with Gasteiger partial charge in [0, 0.05) is 23.5 Å². The molecule has 1 aromatic rings. The van der Waals surface area contributed by atoms with Gasteiger partial charge in [0.05, 0.1) is 16.0 Å². The molecular weight excluding hydrogens is 422 g/mol. The number of carbonyl (C=O) groups excluding carboxylic acids is 3. The van der Waals surface area contributed by atoms with E-state index in [4.69, 9.17) is 11.6 Å². The molecule has 0 aromatic heterocycles. The van der Waals surface area contributed by atoms with Crippen LogP contribution < -0.4 is 4.90 Å². The van der Waals surface area contributed by atoms with Gasteiger partial charge < -0.3 is 4.79 Å². The summed E-state index contributed by atoms with van der Waals surface area (Å²) in [5.74, 6) is -3.20. The number of carbonyl (C=O) groups is 3. The van der Waals surface area contributed by atoms with Crippen LogP contribution in [0.2, 0.25) is 5.02 Å². The number of nitrogens with zero attached hydrogens (tertiary/aromatic N) is 1. The van der Waals surface area contributed by atoms with E-state index in [9.17, 15) is 31.9 Å². The van der Waals surface area contributed by atoms with Gasteiger partial charge in [-0.3, -0.25) is 9.59 Å². The number of allylic oxidation sites excluding steroid dienone is 1. The first kappa shape index (κ1) is 22.4. The Morgan fingerprint density at radius 3 is 2.36 bits per heavy atom. The first-order valence-electron chi connectivity index (χ1n) is 8.16. The number of hydrogen-bond donors (Lipinski definition) is 0. The monoisotopic (exact) mass is 437 g/mol. The Balaban J connectivity index is 2.43. The first-order chi connectivity index (χ1) is 13.0. The summed E-state index contributed by atoms with van der Waals surface area (Å²) in [5.41, 5.74) is -1.77. The van der Waals surface area contributed by atoms with Gasteiger partial charge in [-0.1, -0.05) is 11.6 Å². The fourth-order valence-electron chi connectivity index (χ4n) is 2.36. The van der Waals surface area contributed by atoms with E-state index in [0.717, 1.165) is 49.9 Å². The molecular formula is C18H16ClF4NO3S. The predicted molar refractivity (Wildman–Crippen MR) is 97.8 cm³/mol. The number of anilines is 1. The maximum Gasteiger partial charge on any atom is 0.412 e. The molecule has 0 radical (unpaired) electrons. The number of benzene rings is 1. The smallest absolute Gasteiger partial charge is 0.302 e. The minimum absolute atomic E-state index is 0.0308. The van der Waals surface area contributed by atoms with Crippen LogP contribution >= 0.6 is 23.4 Å². The van der Waals surface area contributed by atoms with Crippen LogP contribution in [-0.2, 0) is 14.4 Å². The van der Waals surface area contributed by atoms with E-state index in [1.807, 2.05) is 0 Å². The van der Waals surface area contributed by atoms with Gasteiger partial charge in [-0.05, 0) is 37.8 Å². The topological polar surface area (TPSA) is 54.5 Å². The average Bonchev–Trinajstić information content (AvgIpc) is 3.39. The quantitative estimate of drug-likeness (QED) is 0.274. The van der Waals surface area contributed by atoms with Crippen molar-refractivity contribution in [2.45, 2.75) is 43.0 Å². The Kier molecular flexibility index (Phi) is 6.93. The normalized spacial score (nSPS) is 15.9. The molecule has 0 aliphatic heterocycles. The minimum atomic E-state index is -4.76. The van der Waals surface area contributed by atoms with Gasteiger partial charge in [0.25, 0.3) is 5.91 Å². The molecule has 0 saturated heterocycles. The lowest BCUT2D eigenvalue weighted by molar-refractivity contribution is -0.123. The van der Waals surface area contributed by atoms with Crippen LogP contribution in [0.15, 0.2) is 28.7 Å². The van der Waals surface area contributed by atoms with Gasteiger partial charge in [-0.2, -0.15) is 13.2 Å². The first-order valence-corrected chi connectivity index (χ1v) is 9.42. The zero-order chi connectivity index (χ0) is 21.2. The SMILES string of the molecule is CC(=O)N(C(=O)/C=C(\C)C(F)(F)F)c1cc(SC(C=O)C2CC2)c(Cl)cc1F. The molecule has 1 saturated carbocycles. The van der Waals surface area contributed by atoms with E-state index in [1.165, 1.54) is 0 Å². The second kappa shape index (κ2) is 8.65. The Labute approximate surface area is 167 Å². The number of imide groups is 1. The van der Waals surface area contributed by atoms with Crippen LogP contribution in [0.1, 0.15) is 26.7 Å². The number of hydrogen-bond acceptors (Lipinski definition) is 4. The summed E-state index contributed by atoms with van der Waals surface area (Å²) < 4.78 is 52.5. The van der Waals surface area contributed by atoms with Gasteiger partial charge in [-0.15, -0.1) is 11.8 Å². The molecule has 1 aliphatic carbocycles. The van der Waals surface area contributed by atoms with Crippen molar-refractivity contribution in [1.29, 1.82) is 0 Å². The summed E-state index contributed by atoms with van der Waals surface area (Å²) in [6.07, 6.45) is -2.08. The van der Waals surface area contributed by atoms with Gasteiger partial charge in [0.2, 0.25) is 5.91 Å². The van der Waals surface area contributed by atoms with Crippen molar-refractivity contribution in [2.24, 2.45) is 5.92 Å². The number of thioether (sulfide) groups is 1. The molecule has 2 rings (SSSR count). The van der Waals surface area contributed by atoms with Crippen molar-refractivity contribution in [1.82, 2.24) is 0 Å². The van der Waals surface area contributed by atoms with E-state index in [-0.39, 0.29) is 21.9 Å². The summed E-state index contributed by atoms with van der Waals surface area (Å²) in [6, 6.07) is 1.95. The number of alkyl halides is 3. The molecule has 1 atom stereocenters. The van der Waals surface area contributed by atoms with Crippen LogP contribution in [0, 0.1) is 11.7 Å². The molecule has 1 aliphatic rings. The van der Waals surface area contributed by atoms with E-state index >= 15 is 0 Å². The third-order valence-corrected chi connectivity index (χ3v) is 5.83. The Morgan fingerprint density at radius 1 is 1.29 bits per heavy atom. The summed E-state index contributed by atoms with van der Waals surface area (Å²) in [7, 11) is 0. The molecule has 10 heteroatoms. The van der Waals surface area contributed by atoms with Gasteiger partial charge in [0.15, 0.2) is 0 Å². The number of aldehydes is 1. The Hall–Kier alpha value is -1.87. The second-order valence-electron chi connectivity index (χ2n) is 6.31. The van der Waals surface area contributed by atoms with Gasteiger partial charge in [0.1, 0.15) is 12.1 Å². The number of amides is 2. The maximum absolute atomic E-state index is 14.4. The van der Waals surface area contributed by atoms with Crippen molar-refractivity contribution in [2.75, 3.05) is 4.90 Å². The van der Waals surface area contributed by atoms with Crippen LogP contribution in [-0.4, -0.2) is 29.5 Å². The molecule has 1 fully saturated rings. The van der Waals surface area contributed by atoms with Crippen molar-refractivity contribution < 1.29 is 31.9 Å². The Bertz CT molecular complexity index is 837. The third kappa shape index (κ3) is 5.35. The van der Waals surface area contributed by atoms with Gasteiger partial charge in [-0.25, -0.2) is 9.29 Å². The van der Waals surface area contributed by atoms with Crippen molar-refractivity contribution in [3.63, 3.8) is 0 Å². The second-order valence-corrected chi connectivity index (χ2v) is 7.93. The van der Waals surface area contributed by atoms with Crippen LogP contribution in [0.4, 0.5) is 23.2 Å². The highest BCUT2D eigenvalue weighted by Gasteiger charge is 2.34. The summed E-state index contributed by atoms with van der Waals surface area (Å²) >= 11 is 7.07. The minimum Gasteiger partial charge on any atom is -0.302 e. The molecule has 1 unspecified atom stereocenters. The summed E-state index contributed by atoms with van der Waals surface area (Å²) in [5, 5.41) is -0.457. The standard InChI is InChI=1S/C18H16ClF4NO3S/c1-9(18(21,22)23)5-17(27)24(10(2)26)14-7-15(12(19)6-13(14)20)28-16(8-25)11-3-4-11/h5-8,11,16H,3-4H2,1-2H3/b9-5+. The third-order valence-electron chi connectivity index (χ3n) is 4.05. The lowest BCUT2D eigenvalue weighted by Gasteiger charge is -2.21. The van der Waals surface area contributed by atoms with E-state index < -0.39 is 40.3 Å². The number of halogens is 5. The van der Waals surface area contributed by atoms with Gasteiger partial charge >= 0.3 is 6.18 Å². The highest BCUT2D eigenvalue weighted by Crippen LogP contribution is 2.43. The van der Waals surface area contributed by atoms with Crippen molar-refractivity contribution in [3.05, 3.63) is 34.6 Å². The molecule has 0 N–H and O–H groups in total. The lowest BCUT2D eigenvalue weighted by Crippen LogP contribution is -2.35. The molecule has 0 heterocycles. The average molecular weight is 438 g/mol.